The number of carbonyl (C=O) groups excluding carboxylic acids is 2. The Bertz CT molecular complexity index is 1150. The number of carbonyl (C=O) groups is 3. The second kappa shape index (κ2) is 10.9. The molecule has 1 heterocycles. The van der Waals surface area contributed by atoms with Crippen LogP contribution in [0.1, 0.15) is 36.1 Å². The quantitative estimate of drug-likeness (QED) is 0.355. The molecule has 1 aliphatic carbocycles. The standard InChI is InChI=1S/C26H28N4O5/c1-16(24(31)30-23(25(32)33)12-17-13-27-15-29-17)10-11-28-26(34)35-14-22-20-8-4-2-6-18(20)19-7-3-5-9-21(19)22/h2-9,13,15-16,22-23H,10-12,14H2,1H3,(H,27,29)(H,28,34)(H,30,31)(H,32,33)/t16?,23-/m0/s1. The van der Waals surface area contributed by atoms with Crippen molar-refractivity contribution >= 4 is 18.0 Å². The summed E-state index contributed by atoms with van der Waals surface area (Å²) >= 11 is 0. The lowest BCUT2D eigenvalue weighted by Gasteiger charge is -2.18. The van der Waals surface area contributed by atoms with Gasteiger partial charge in [0.1, 0.15) is 12.6 Å². The number of carboxylic acids is 1. The zero-order valence-electron chi connectivity index (χ0n) is 19.4. The number of benzene rings is 2. The number of aromatic nitrogens is 2. The number of rotatable bonds is 10. The number of fused-ring (bicyclic) bond motifs is 3. The number of imidazole rings is 1. The lowest BCUT2D eigenvalue weighted by atomic mass is 9.98. The highest BCUT2D eigenvalue weighted by atomic mass is 16.5. The minimum Gasteiger partial charge on any atom is -0.480 e. The summed E-state index contributed by atoms with van der Waals surface area (Å²) in [6.07, 6.45) is 2.86. The van der Waals surface area contributed by atoms with E-state index in [2.05, 4.69) is 44.9 Å². The SMILES string of the molecule is CC(CCNC(=O)OCC1c2ccccc2-c2ccccc21)C(=O)N[C@@H](Cc1cnc[nH]1)C(=O)O. The lowest BCUT2D eigenvalue weighted by Crippen LogP contribution is -2.45. The van der Waals surface area contributed by atoms with Gasteiger partial charge in [0, 0.05) is 36.7 Å². The first-order valence-electron chi connectivity index (χ1n) is 11.5. The number of alkyl carbamates (subject to hydrolysis) is 1. The molecule has 1 unspecified atom stereocenters. The third-order valence-corrected chi connectivity index (χ3v) is 6.23. The zero-order valence-corrected chi connectivity index (χ0v) is 19.4. The minimum atomic E-state index is -1.13. The van der Waals surface area contributed by atoms with E-state index in [1.54, 1.807) is 6.92 Å². The first-order chi connectivity index (χ1) is 16.9. The van der Waals surface area contributed by atoms with Crippen molar-refractivity contribution in [2.75, 3.05) is 13.2 Å². The van der Waals surface area contributed by atoms with E-state index in [4.69, 9.17) is 4.74 Å². The molecule has 35 heavy (non-hydrogen) atoms. The third-order valence-electron chi connectivity index (χ3n) is 6.23. The van der Waals surface area contributed by atoms with Crippen molar-refractivity contribution in [1.82, 2.24) is 20.6 Å². The van der Waals surface area contributed by atoms with Gasteiger partial charge >= 0.3 is 12.1 Å². The average Bonchev–Trinajstić information content (AvgIpc) is 3.48. The zero-order chi connectivity index (χ0) is 24.8. The van der Waals surface area contributed by atoms with Gasteiger partial charge in [-0.3, -0.25) is 4.79 Å². The summed E-state index contributed by atoms with van der Waals surface area (Å²) in [5.74, 6) is -2.05. The summed E-state index contributed by atoms with van der Waals surface area (Å²) in [5.41, 5.74) is 5.19. The smallest absolute Gasteiger partial charge is 0.407 e. The lowest BCUT2D eigenvalue weighted by molar-refractivity contribution is -0.142. The van der Waals surface area contributed by atoms with Gasteiger partial charge in [0.2, 0.25) is 5.91 Å². The topological polar surface area (TPSA) is 133 Å². The van der Waals surface area contributed by atoms with Crippen LogP contribution in [-0.4, -0.2) is 52.2 Å². The molecular weight excluding hydrogens is 448 g/mol. The maximum Gasteiger partial charge on any atom is 0.407 e. The Morgan fingerprint density at radius 1 is 1.09 bits per heavy atom. The minimum absolute atomic E-state index is 0.0272. The van der Waals surface area contributed by atoms with Gasteiger partial charge in [-0.2, -0.15) is 0 Å². The molecule has 2 atom stereocenters. The van der Waals surface area contributed by atoms with Crippen LogP contribution in [0.25, 0.3) is 11.1 Å². The molecular formula is C26H28N4O5. The van der Waals surface area contributed by atoms with Crippen LogP contribution in [0, 0.1) is 5.92 Å². The number of nitrogens with one attached hydrogen (secondary N) is 3. The van der Waals surface area contributed by atoms with Crippen LogP contribution in [0.2, 0.25) is 0 Å². The van der Waals surface area contributed by atoms with Gasteiger partial charge in [0.25, 0.3) is 0 Å². The van der Waals surface area contributed by atoms with E-state index in [0.717, 1.165) is 22.3 Å². The number of carboxylic acid groups (broad SMARTS) is 1. The van der Waals surface area contributed by atoms with Crippen molar-refractivity contribution in [2.45, 2.75) is 31.7 Å². The highest BCUT2D eigenvalue weighted by molar-refractivity contribution is 5.85. The molecule has 0 spiro atoms. The molecule has 4 N–H and O–H groups in total. The Kier molecular flexibility index (Phi) is 7.45. The fourth-order valence-electron chi connectivity index (χ4n) is 4.30. The van der Waals surface area contributed by atoms with Crippen LogP contribution in [0.4, 0.5) is 4.79 Å². The number of amides is 2. The fourth-order valence-corrected chi connectivity index (χ4v) is 4.30. The molecule has 0 fully saturated rings. The molecule has 0 radical (unpaired) electrons. The van der Waals surface area contributed by atoms with E-state index in [0.29, 0.717) is 12.1 Å². The molecule has 9 nitrogen and oxygen atoms in total. The second-order valence-corrected chi connectivity index (χ2v) is 8.62. The highest BCUT2D eigenvalue weighted by Gasteiger charge is 2.29. The molecule has 0 aliphatic heterocycles. The Balaban J connectivity index is 1.23. The van der Waals surface area contributed by atoms with E-state index in [9.17, 15) is 19.5 Å². The molecule has 182 valence electrons. The van der Waals surface area contributed by atoms with Crippen LogP contribution >= 0.6 is 0 Å². The van der Waals surface area contributed by atoms with Gasteiger partial charge in [0.15, 0.2) is 0 Å². The van der Waals surface area contributed by atoms with Crippen molar-refractivity contribution in [2.24, 2.45) is 5.92 Å². The second-order valence-electron chi connectivity index (χ2n) is 8.62. The number of hydrogen-bond acceptors (Lipinski definition) is 5. The van der Waals surface area contributed by atoms with Crippen LogP contribution in [0.15, 0.2) is 61.1 Å². The molecule has 9 heteroatoms. The molecule has 0 saturated heterocycles. The first kappa shape index (κ1) is 24.0. The van der Waals surface area contributed by atoms with Gasteiger partial charge in [-0.1, -0.05) is 55.5 Å². The summed E-state index contributed by atoms with van der Waals surface area (Å²) < 4.78 is 5.50. The van der Waals surface area contributed by atoms with E-state index in [1.165, 1.54) is 12.5 Å². The summed E-state index contributed by atoms with van der Waals surface area (Å²) in [6, 6.07) is 15.1. The van der Waals surface area contributed by atoms with Crippen molar-refractivity contribution in [3.8, 4) is 11.1 Å². The van der Waals surface area contributed by atoms with Crippen LogP contribution in [0.3, 0.4) is 0 Å². The van der Waals surface area contributed by atoms with E-state index in [1.807, 2.05) is 24.3 Å². The maximum atomic E-state index is 12.5. The molecule has 0 saturated carbocycles. The van der Waals surface area contributed by atoms with Crippen LogP contribution < -0.4 is 10.6 Å². The monoisotopic (exact) mass is 476 g/mol. The highest BCUT2D eigenvalue weighted by Crippen LogP contribution is 2.44. The molecule has 3 aromatic rings. The third kappa shape index (κ3) is 5.68. The summed E-state index contributed by atoms with van der Waals surface area (Å²) in [6.45, 7) is 2.12. The predicted molar refractivity (Wildman–Crippen MR) is 129 cm³/mol. The number of aliphatic carboxylic acids is 1. The molecule has 1 aliphatic rings. The first-order valence-corrected chi connectivity index (χ1v) is 11.5. The summed E-state index contributed by atoms with van der Waals surface area (Å²) in [5, 5.41) is 14.6. The van der Waals surface area contributed by atoms with Crippen molar-refractivity contribution in [3.05, 3.63) is 77.9 Å². The Hall–Kier alpha value is -4.14. The summed E-state index contributed by atoms with van der Waals surface area (Å²) in [4.78, 5) is 42.9. The van der Waals surface area contributed by atoms with E-state index < -0.39 is 29.9 Å². The Morgan fingerprint density at radius 2 is 1.74 bits per heavy atom. The van der Waals surface area contributed by atoms with Gasteiger partial charge in [0.05, 0.1) is 6.33 Å². The maximum absolute atomic E-state index is 12.5. The van der Waals surface area contributed by atoms with Gasteiger partial charge in [-0.05, 0) is 28.7 Å². The molecule has 2 aromatic carbocycles. The molecule has 2 amide bonds. The Morgan fingerprint density at radius 3 is 2.34 bits per heavy atom. The molecule has 4 rings (SSSR count). The van der Waals surface area contributed by atoms with Gasteiger partial charge < -0.3 is 25.5 Å². The largest absolute Gasteiger partial charge is 0.480 e. The number of H-pyrrole nitrogens is 1. The van der Waals surface area contributed by atoms with E-state index >= 15 is 0 Å². The van der Waals surface area contributed by atoms with Crippen molar-refractivity contribution in [1.29, 1.82) is 0 Å². The van der Waals surface area contributed by atoms with Gasteiger partial charge in [-0.15, -0.1) is 0 Å². The number of ether oxygens (including phenoxy) is 1. The Labute approximate surface area is 202 Å². The number of nitrogens with zero attached hydrogens (tertiary/aromatic N) is 1. The summed E-state index contributed by atoms with van der Waals surface area (Å²) in [7, 11) is 0. The van der Waals surface area contributed by atoms with Gasteiger partial charge in [-0.25, -0.2) is 14.6 Å². The molecule has 0 bridgehead atoms. The fraction of sp³-hybridized carbons (Fsp3) is 0.308. The predicted octanol–water partition coefficient (Wildman–Crippen LogP) is 3.09. The van der Waals surface area contributed by atoms with E-state index in [-0.39, 0.29) is 25.5 Å². The van der Waals surface area contributed by atoms with Crippen molar-refractivity contribution in [3.63, 3.8) is 0 Å². The van der Waals surface area contributed by atoms with Crippen LogP contribution in [0.5, 0.6) is 0 Å². The van der Waals surface area contributed by atoms with Crippen molar-refractivity contribution < 1.29 is 24.2 Å². The molecule has 1 aromatic heterocycles. The number of aromatic amines is 1. The van der Waals surface area contributed by atoms with Crippen LogP contribution in [-0.2, 0) is 20.7 Å². The number of hydrogen-bond donors (Lipinski definition) is 4. The average molecular weight is 477 g/mol. The normalized spacial score (nSPS) is 13.9.